The van der Waals surface area contributed by atoms with Gasteiger partial charge >= 0.3 is 0 Å². The number of aromatic amines is 1. The molecule has 0 saturated carbocycles. The molecule has 0 atom stereocenters. The lowest BCUT2D eigenvalue weighted by molar-refractivity contribution is 0.242. The van der Waals surface area contributed by atoms with E-state index in [-0.39, 0.29) is 5.56 Å². The molecule has 30 heavy (non-hydrogen) atoms. The predicted octanol–water partition coefficient (Wildman–Crippen LogP) is 2.93. The van der Waals surface area contributed by atoms with Gasteiger partial charge in [0.15, 0.2) is 0 Å². The molecule has 0 bridgehead atoms. The lowest BCUT2D eigenvalue weighted by Gasteiger charge is -2.27. The van der Waals surface area contributed by atoms with Gasteiger partial charge in [0.25, 0.3) is 5.56 Å². The van der Waals surface area contributed by atoms with E-state index >= 15 is 0 Å². The van der Waals surface area contributed by atoms with Crippen LogP contribution in [-0.4, -0.2) is 35.9 Å². The standard InChI is InChI=1S/C23H22N6O/c1-2-8-29-13-17(18-5-3-4-6-21(18)29)12-28-9-7-20-19(14-28)23(30)27-22(26-20)16-10-24-15-25-11-16/h2-6,10-11,13,15H,1,7-9,12,14H2,(H,26,27,30). The summed E-state index contributed by atoms with van der Waals surface area (Å²) >= 11 is 0. The Morgan fingerprint density at radius 1 is 1.20 bits per heavy atom. The summed E-state index contributed by atoms with van der Waals surface area (Å²) in [6.07, 6.45) is 9.63. The normalized spacial score (nSPS) is 14.0. The Kier molecular flexibility index (Phi) is 4.72. The number of nitrogens with zero attached hydrogens (tertiary/aromatic N) is 5. The molecule has 7 nitrogen and oxygen atoms in total. The smallest absolute Gasteiger partial charge is 0.255 e. The van der Waals surface area contributed by atoms with Gasteiger partial charge in [-0.05, 0) is 11.6 Å². The minimum absolute atomic E-state index is 0.0855. The van der Waals surface area contributed by atoms with E-state index in [1.54, 1.807) is 12.4 Å². The fourth-order valence-corrected chi connectivity index (χ4v) is 4.15. The van der Waals surface area contributed by atoms with Crippen LogP contribution in [0.2, 0.25) is 0 Å². The Morgan fingerprint density at radius 2 is 2.03 bits per heavy atom. The van der Waals surface area contributed by atoms with Crippen molar-refractivity contribution in [1.29, 1.82) is 0 Å². The maximum absolute atomic E-state index is 12.8. The zero-order chi connectivity index (χ0) is 20.5. The number of rotatable bonds is 5. The van der Waals surface area contributed by atoms with E-state index in [4.69, 9.17) is 0 Å². The number of fused-ring (bicyclic) bond motifs is 2. The van der Waals surface area contributed by atoms with E-state index in [1.165, 1.54) is 22.8 Å². The van der Waals surface area contributed by atoms with Crippen molar-refractivity contribution in [2.75, 3.05) is 6.54 Å². The monoisotopic (exact) mass is 398 g/mol. The maximum atomic E-state index is 12.8. The highest BCUT2D eigenvalue weighted by molar-refractivity contribution is 5.84. The summed E-state index contributed by atoms with van der Waals surface area (Å²) in [6, 6.07) is 8.42. The summed E-state index contributed by atoms with van der Waals surface area (Å²) < 4.78 is 2.22. The second kappa shape index (κ2) is 7.68. The molecule has 0 fully saturated rings. The first-order valence-electron chi connectivity index (χ1n) is 10.0. The van der Waals surface area contributed by atoms with Crippen LogP contribution in [0.15, 0.2) is 66.6 Å². The minimum Gasteiger partial charge on any atom is -0.343 e. The fourth-order valence-electron chi connectivity index (χ4n) is 4.15. The third-order valence-electron chi connectivity index (χ3n) is 5.57. The average molecular weight is 398 g/mol. The Morgan fingerprint density at radius 3 is 2.87 bits per heavy atom. The summed E-state index contributed by atoms with van der Waals surface area (Å²) in [6.45, 7) is 6.88. The number of aromatic nitrogens is 5. The quantitative estimate of drug-likeness (QED) is 0.523. The first-order chi connectivity index (χ1) is 14.7. The van der Waals surface area contributed by atoms with E-state index < -0.39 is 0 Å². The van der Waals surface area contributed by atoms with Crippen LogP contribution in [0.4, 0.5) is 0 Å². The Balaban J connectivity index is 1.42. The van der Waals surface area contributed by atoms with Gasteiger partial charge < -0.3 is 9.55 Å². The third-order valence-corrected chi connectivity index (χ3v) is 5.57. The fraction of sp³-hybridized carbons (Fsp3) is 0.217. The van der Waals surface area contributed by atoms with Crippen LogP contribution in [0, 0.1) is 0 Å². The van der Waals surface area contributed by atoms with Gasteiger partial charge in [0.2, 0.25) is 0 Å². The highest BCUT2D eigenvalue weighted by Crippen LogP contribution is 2.25. The zero-order valence-corrected chi connectivity index (χ0v) is 16.6. The molecule has 4 heterocycles. The van der Waals surface area contributed by atoms with Crippen LogP contribution in [-0.2, 0) is 26.1 Å². The largest absolute Gasteiger partial charge is 0.343 e. The number of benzene rings is 1. The van der Waals surface area contributed by atoms with Gasteiger partial charge in [-0.1, -0.05) is 24.3 Å². The van der Waals surface area contributed by atoms with Gasteiger partial charge in [0, 0.05) is 62.1 Å². The molecule has 150 valence electrons. The first kappa shape index (κ1) is 18.4. The molecule has 0 radical (unpaired) electrons. The molecule has 0 unspecified atom stereocenters. The van der Waals surface area contributed by atoms with E-state index in [9.17, 15) is 4.79 Å². The highest BCUT2D eigenvalue weighted by atomic mass is 16.1. The molecule has 4 aromatic rings. The lowest BCUT2D eigenvalue weighted by Crippen LogP contribution is -2.35. The molecule has 0 saturated heterocycles. The average Bonchev–Trinajstić information content (AvgIpc) is 3.12. The Bertz CT molecular complexity index is 1270. The zero-order valence-electron chi connectivity index (χ0n) is 16.6. The number of H-pyrrole nitrogens is 1. The van der Waals surface area contributed by atoms with Gasteiger partial charge in [-0.25, -0.2) is 15.0 Å². The van der Waals surface area contributed by atoms with Crippen molar-refractivity contribution in [3.8, 4) is 11.4 Å². The molecule has 1 aromatic carbocycles. The van der Waals surface area contributed by atoms with Gasteiger partial charge in [-0.15, -0.1) is 6.58 Å². The van der Waals surface area contributed by atoms with Crippen molar-refractivity contribution in [3.05, 3.63) is 89.0 Å². The van der Waals surface area contributed by atoms with E-state index in [2.05, 4.69) is 66.4 Å². The summed E-state index contributed by atoms with van der Waals surface area (Å²) in [4.78, 5) is 30.7. The van der Waals surface area contributed by atoms with Crippen molar-refractivity contribution >= 4 is 10.9 Å². The van der Waals surface area contributed by atoms with Gasteiger partial charge in [0.05, 0.1) is 16.8 Å². The first-order valence-corrected chi connectivity index (χ1v) is 10.0. The molecule has 1 aliphatic rings. The van der Waals surface area contributed by atoms with Crippen molar-refractivity contribution < 1.29 is 0 Å². The molecule has 7 heteroatoms. The SMILES string of the molecule is C=CCn1cc(CN2CCc3nc(-c4cncnc4)[nH]c(=O)c3C2)c2ccccc21. The van der Waals surface area contributed by atoms with Crippen LogP contribution < -0.4 is 5.56 Å². The third kappa shape index (κ3) is 3.33. The summed E-state index contributed by atoms with van der Waals surface area (Å²) in [7, 11) is 0. The molecule has 5 rings (SSSR count). The minimum atomic E-state index is -0.0855. The topological polar surface area (TPSA) is 79.7 Å². The molecular formula is C23H22N6O. The van der Waals surface area contributed by atoms with Crippen LogP contribution >= 0.6 is 0 Å². The van der Waals surface area contributed by atoms with E-state index in [0.717, 1.165) is 42.9 Å². The molecule has 0 amide bonds. The molecule has 1 aliphatic heterocycles. The Labute approximate surface area is 173 Å². The molecule has 0 spiro atoms. The summed E-state index contributed by atoms with van der Waals surface area (Å²) in [5.74, 6) is 0.528. The predicted molar refractivity (Wildman–Crippen MR) is 116 cm³/mol. The van der Waals surface area contributed by atoms with E-state index in [1.807, 2.05) is 6.08 Å². The van der Waals surface area contributed by atoms with Crippen molar-refractivity contribution in [1.82, 2.24) is 29.4 Å². The molecule has 0 aliphatic carbocycles. The van der Waals surface area contributed by atoms with Crippen LogP contribution in [0.1, 0.15) is 16.8 Å². The second-order valence-corrected chi connectivity index (χ2v) is 7.54. The van der Waals surface area contributed by atoms with Crippen molar-refractivity contribution in [3.63, 3.8) is 0 Å². The lowest BCUT2D eigenvalue weighted by atomic mass is 10.1. The second-order valence-electron chi connectivity index (χ2n) is 7.54. The highest BCUT2D eigenvalue weighted by Gasteiger charge is 2.22. The van der Waals surface area contributed by atoms with Crippen molar-refractivity contribution in [2.24, 2.45) is 0 Å². The van der Waals surface area contributed by atoms with Crippen LogP contribution in [0.3, 0.4) is 0 Å². The van der Waals surface area contributed by atoms with Crippen LogP contribution in [0.25, 0.3) is 22.3 Å². The number of allylic oxidation sites excluding steroid dienone is 1. The van der Waals surface area contributed by atoms with Gasteiger partial charge in [-0.3, -0.25) is 9.69 Å². The number of para-hydroxylation sites is 1. The van der Waals surface area contributed by atoms with E-state index in [0.29, 0.717) is 12.4 Å². The maximum Gasteiger partial charge on any atom is 0.255 e. The molecule has 1 N–H and O–H groups in total. The van der Waals surface area contributed by atoms with Crippen LogP contribution in [0.5, 0.6) is 0 Å². The number of hydrogen-bond acceptors (Lipinski definition) is 5. The number of hydrogen-bond donors (Lipinski definition) is 1. The molecule has 3 aromatic heterocycles. The molecular weight excluding hydrogens is 376 g/mol. The summed E-state index contributed by atoms with van der Waals surface area (Å²) in [5, 5.41) is 1.25. The van der Waals surface area contributed by atoms with Crippen molar-refractivity contribution in [2.45, 2.75) is 26.1 Å². The summed E-state index contributed by atoms with van der Waals surface area (Å²) in [5.41, 5.74) is 4.71. The Hall–Kier alpha value is -3.58. The number of nitrogens with one attached hydrogen (secondary N) is 1. The van der Waals surface area contributed by atoms with Gasteiger partial charge in [-0.2, -0.15) is 0 Å². The van der Waals surface area contributed by atoms with Gasteiger partial charge in [0.1, 0.15) is 12.2 Å².